The van der Waals surface area contributed by atoms with Crippen LogP contribution in [-0.4, -0.2) is 19.8 Å². The summed E-state index contributed by atoms with van der Waals surface area (Å²) in [5.41, 5.74) is 0.980. The van der Waals surface area contributed by atoms with Gasteiger partial charge in [0.1, 0.15) is 0 Å². The fraction of sp³-hybridized carbons (Fsp3) is 0.222. The first kappa shape index (κ1) is 12.2. The number of carbonyl (C=O) groups is 1. The summed E-state index contributed by atoms with van der Waals surface area (Å²) in [4.78, 5) is 10.7. The van der Waals surface area contributed by atoms with E-state index < -0.39 is 17.0 Å². The van der Waals surface area contributed by atoms with Crippen LogP contribution in [0.5, 0.6) is 0 Å². The fourth-order valence-electron chi connectivity index (χ4n) is 1.17. The zero-order chi connectivity index (χ0) is 11.6. The third-order valence-corrected chi connectivity index (χ3v) is 3.04. The second kappa shape index (κ2) is 4.74. The monoisotopic (exact) mass is 247 g/mol. The van der Waals surface area contributed by atoms with Gasteiger partial charge in [0.2, 0.25) is 0 Å². The van der Waals surface area contributed by atoms with Crippen molar-refractivity contribution in [1.82, 2.24) is 0 Å². The lowest BCUT2D eigenvalue weighted by molar-refractivity contribution is 0.0697. The SMILES string of the molecule is Cc1c(CS(=O)[O-])ccc(C(=O)O)c1Cl. The standard InChI is InChI=1S/C9H9ClO4S/c1-5-6(4-15(13)14)2-3-7(8(5)10)9(11)12/h2-3H,4H2,1H3,(H,11,12)(H,13,14)/p-1. The van der Waals surface area contributed by atoms with E-state index in [0.29, 0.717) is 11.1 Å². The Bertz CT molecular complexity index is 430. The Morgan fingerprint density at radius 3 is 2.67 bits per heavy atom. The maximum atomic E-state index is 10.7. The second-order valence-electron chi connectivity index (χ2n) is 2.96. The number of carboxylic acid groups (broad SMARTS) is 1. The molecular formula is C9H8ClO4S-. The lowest BCUT2D eigenvalue weighted by Gasteiger charge is -2.11. The third kappa shape index (κ3) is 2.77. The normalized spacial score (nSPS) is 12.5. The van der Waals surface area contributed by atoms with Crippen LogP contribution in [-0.2, 0) is 16.8 Å². The maximum absolute atomic E-state index is 10.7. The summed E-state index contributed by atoms with van der Waals surface area (Å²) in [6.45, 7) is 1.59. The average molecular weight is 248 g/mol. The number of carboxylic acids is 1. The number of hydrogen-bond donors (Lipinski definition) is 1. The van der Waals surface area contributed by atoms with Gasteiger partial charge in [-0.2, -0.15) is 0 Å². The summed E-state index contributed by atoms with van der Waals surface area (Å²) in [7, 11) is 0. The van der Waals surface area contributed by atoms with E-state index in [1.54, 1.807) is 6.92 Å². The minimum Gasteiger partial charge on any atom is -0.772 e. The molecule has 1 aromatic rings. The van der Waals surface area contributed by atoms with E-state index in [0.717, 1.165) is 0 Å². The molecule has 0 fully saturated rings. The summed E-state index contributed by atoms with van der Waals surface area (Å²) in [6.07, 6.45) is 0. The van der Waals surface area contributed by atoms with Gasteiger partial charge in [-0.05, 0) is 24.1 Å². The van der Waals surface area contributed by atoms with E-state index in [1.165, 1.54) is 12.1 Å². The van der Waals surface area contributed by atoms with Crippen molar-refractivity contribution in [3.63, 3.8) is 0 Å². The number of hydrogen-bond acceptors (Lipinski definition) is 3. The van der Waals surface area contributed by atoms with Crippen LogP contribution in [0.3, 0.4) is 0 Å². The minimum absolute atomic E-state index is 0.0189. The van der Waals surface area contributed by atoms with Gasteiger partial charge in [0.05, 0.1) is 10.6 Å². The minimum atomic E-state index is -2.21. The van der Waals surface area contributed by atoms with Gasteiger partial charge in [-0.25, -0.2) is 4.79 Å². The Kier molecular flexibility index (Phi) is 3.84. The van der Waals surface area contributed by atoms with E-state index in [1.807, 2.05) is 0 Å². The van der Waals surface area contributed by atoms with Gasteiger partial charge >= 0.3 is 5.97 Å². The Balaban J connectivity index is 3.21. The summed E-state index contributed by atoms with van der Waals surface area (Å²) in [5, 5.41) is 8.85. The Labute approximate surface area is 94.2 Å². The first-order valence-electron chi connectivity index (χ1n) is 4.00. The van der Waals surface area contributed by atoms with E-state index in [2.05, 4.69) is 0 Å². The molecule has 1 aromatic carbocycles. The summed E-state index contributed by atoms with van der Waals surface area (Å²) in [5.74, 6) is -1.29. The molecule has 4 nitrogen and oxygen atoms in total. The molecule has 1 unspecified atom stereocenters. The van der Waals surface area contributed by atoms with Crippen LogP contribution in [0, 0.1) is 6.92 Å². The van der Waals surface area contributed by atoms with Crippen LogP contribution in [0.15, 0.2) is 12.1 Å². The molecule has 1 N–H and O–H groups in total. The topological polar surface area (TPSA) is 77.4 Å². The van der Waals surface area contributed by atoms with Crippen molar-refractivity contribution in [2.75, 3.05) is 0 Å². The van der Waals surface area contributed by atoms with Crippen LogP contribution in [0.4, 0.5) is 0 Å². The Hall–Kier alpha value is -0.910. The number of halogens is 1. The van der Waals surface area contributed by atoms with Crippen LogP contribution >= 0.6 is 11.6 Å². The molecule has 0 aliphatic carbocycles. The van der Waals surface area contributed by atoms with Crippen molar-refractivity contribution in [1.29, 1.82) is 0 Å². The Morgan fingerprint density at radius 1 is 1.60 bits per heavy atom. The fourth-order valence-corrected chi connectivity index (χ4v) is 2.01. The van der Waals surface area contributed by atoms with Gasteiger partial charge < -0.3 is 9.66 Å². The molecule has 82 valence electrons. The Morgan fingerprint density at radius 2 is 2.20 bits per heavy atom. The van der Waals surface area contributed by atoms with Crippen LogP contribution < -0.4 is 0 Å². The van der Waals surface area contributed by atoms with Gasteiger partial charge in [0, 0.05) is 5.75 Å². The third-order valence-electron chi connectivity index (χ3n) is 2.00. The summed E-state index contributed by atoms with van der Waals surface area (Å²) < 4.78 is 21.0. The van der Waals surface area contributed by atoms with Crippen LogP contribution in [0.2, 0.25) is 5.02 Å². The molecule has 0 amide bonds. The highest BCUT2D eigenvalue weighted by Crippen LogP contribution is 2.24. The quantitative estimate of drug-likeness (QED) is 0.825. The summed E-state index contributed by atoms with van der Waals surface area (Å²) in [6, 6.07) is 2.76. The van der Waals surface area contributed by atoms with Crippen LogP contribution in [0.1, 0.15) is 21.5 Å². The molecule has 0 saturated heterocycles. The lowest BCUT2D eigenvalue weighted by atomic mass is 10.1. The van der Waals surface area contributed by atoms with E-state index in [9.17, 15) is 13.6 Å². The molecule has 0 bridgehead atoms. The molecule has 1 rings (SSSR count). The molecule has 0 heterocycles. The molecule has 0 saturated carbocycles. The molecule has 15 heavy (non-hydrogen) atoms. The van der Waals surface area contributed by atoms with Crippen molar-refractivity contribution in [3.8, 4) is 0 Å². The van der Waals surface area contributed by atoms with Gasteiger partial charge in [-0.15, -0.1) is 0 Å². The zero-order valence-corrected chi connectivity index (χ0v) is 9.39. The van der Waals surface area contributed by atoms with Gasteiger partial charge in [0.25, 0.3) is 0 Å². The zero-order valence-electron chi connectivity index (χ0n) is 7.82. The molecular weight excluding hydrogens is 240 g/mol. The smallest absolute Gasteiger partial charge is 0.337 e. The maximum Gasteiger partial charge on any atom is 0.337 e. The molecule has 0 radical (unpaired) electrons. The van der Waals surface area contributed by atoms with E-state index >= 15 is 0 Å². The molecule has 0 aliphatic rings. The van der Waals surface area contributed by atoms with E-state index in [-0.39, 0.29) is 16.3 Å². The van der Waals surface area contributed by atoms with Crippen molar-refractivity contribution >= 4 is 28.7 Å². The highest BCUT2D eigenvalue weighted by Gasteiger charge is 2.12. The van der Waals surface area contributed by atoms with Crippen LogP contribution in [0.25, 0.3) is 0 Å². The number of rotatable bonds is 3. The average Bonchev–Trinajstić information content (AvgIpc) is 2.12. The lowest BCUT2D eigenvalue weighted by Crippen LogP contribution is -2.03. The molecule has 6 heteroatoms. The molecule has 0 aliphatic heterocycles. The van der Waals surface area contributed by atoms with Crippen molar-refractivity contribution < 1.29 is 18.7 Å². The van der Waals surface area contributed by atoms with Crippen molar-refractivity contribution in [2.24, 2.45) is 0 Å². The van der Waals surface area contributed by atoms with Crippen molar-refractivity contribution in [2.45, 2.75) is 12.7 Å². The predicted octanol–water partition coefficient (Wildman–Crippen LogP) is 1.73. The number of aromatic carboxylic acids is 1. The summed E-state index contributed by atoms with van der Waals surface area (Å²) >= 11 is 3.59. The first-order valence-corrected chi connectivity index (χ1v) is 5.62. The molecule has 0 spiro atoms. The molecule has 1 atom stereocenters. The predicted molar refractivity (Wildman–Crippen MR) is 55.8 cm³/mol. The van der Waals surface area contributed by atoms with Gasteiger partial charge in [-0.3, -0.25) is 4.21 Å². The second-order valence-corrected chi connectivity index (χ2v) is 4.24. The largest absolute Gasteiger partial charge is 0.772 e. The first-order chi connectivity index (χ1) is 6.93. The van der Waals surface area contributed by atoms with E-state index in [4.69, 9.17) is 16.7 Å². The molecule has 0 aromatic heterocycles. The van der Waals surface area contributed by atoms with Gasteiger partial charge in [0.15, 0.2) is 0 Å². The van der Waals surface area contributed by atoms with Gasteiger partial charge in [-0.1, -0.05) is 28.7 Å². The highest BCUT2D eigenvalue weighted by atomic mass is 35.5. The number of benzene rings is 1. The van der Waals surface area contributed by atoms with Crippen molar-refractivity contribution in [3.05, 3.63) is 33.8 Å². The highest BCUT2D eigenvalue weighted by molar-refractivity contribution is 7.78.